The molecular weight excluding hydrogens is 112 g/mol. The van der Waals surface area contributed by atoms with E-state index in [2.05, 4.69) is 20.8 Å². The summed E-state index contributed by atoms with van der Waals surface area (Å²) in [6.45, 7) is 6.20. The smallest absolute Gasteiger partial charge is 0.0545 e. The Morgan fingerprint density at radius 3 is 2.33 bits per heavy atom. The molecule has 9 heavy (non-hydrogen) atoms. The minimum atomic E-state index is -0.0972. The van der Waals surface area contributed by atoms with E-state index in [1.54, 1.807) is 0 Å². The van der Waals surface area contributed by atoms with Gasteiger partial charge in [-0.3, -0.25) is 0 Å². The highest BCUT2D eigenvalue weighted by Gasteiger charge is 2.04. The van der Waals surface area contributed by atoms with Crippen molar-refractivity contribution >= 4 is 0 Å². The van der Waals surface area contributed by atoms with E-state index in [0.717, 1.165) is 19.3 Å². The van der Waals surface area contributed by atoms with E-state index in [4.69, 9.17) is 0 Å². The average molecular weight is 129 g/mol. The lowest BCUT2D eigenvalue weighted by Gasteiger charge is -2.10. The summed E-state index contributed by atoms with van der Waals surface area (Å²) in [5.41, 5.74) is 0. The van der Waals surface area contributed by atoms with E-state index in [0.29, 0.717) is 0 Å². The lowest BCUT2D eigenvalue weighted by Crippen LogP contribution is -2.07. The average Bonchev–Trinajstić information content (AvgIpc) is 1.63. The van der Waals surface area contributed by atoms with Crippen LogP contribution in [0.2, 0.25) is 0 Å². The molecule has 0 rings (SSSR count). The lowest BCUT2D eigenvalue weighted by atomic mass is 10.0. The van der Waals surface area contributed by atoms with Crippen LogP contribution in [0.4, 0.5) is 0 Å². The van der Waals surface area contributed by atoms with Crippen molar-refractivity contribution in [3.05, 3.63) is 5.92 Å². The van der Waals surface area contributed by atoms with Crippen molar-refractivity contribution in [3.63, 3.8) is 0 Å². The molecule has 0 aromatic heterocycles. The second-order valence-electron chi connectivity index (χ2n) is 2.85. The van der Waals surface area contributed by atoms with E-state index in [1.165, 1.54) is 5.92 Å². The molecule has 0 aromatic rings. The molecule has 0 aliphatic carbocycles. The first kappa shape index (κ1) is 8.96. The van der Waals surface area contributed by atoms with E-state index >= 15 is 0 Å². The first-order chi connectivity index (χ1) is 4.16. The molecule has 0 spiro atoms. The Labute approximate surface area is 58.1 Å². The fourth-order valence-electron chi connectivity index (χ4n) is 0.907. The van der Waals surface area contributed by atoms with Gasteiger partial charge in [-0.15, -0.1) is 0 Å². The van der Waals surface area contributed by atoms with Gasteiger partial charge in [-0.05, 0) is 18.8 Å². The van der Waals surface area contributed by atoms with Crippen molar-refractivity contribution in [2.24, 2.45) is 0 Å². The van der Waals surface area contributed by atoms with E-state index in [1.807, 2.05) is 0 Å². The van der Waals surface area contributed by atoms with Crippen LogP contribution in [-0.4, -0.2) is 11.2 Å². The third-order valence-corrected chi connectivity index (χ3v) is 1.27. The molecule has 1 radical (unpaired) electrons. The van der Waals surface area contributed by atoms with Gasteiger partial charge in [-0.25, -0.2) is 0 Å². The molecule has 0 aliphatic heterocycles. The molecule has 1 nitrogen and oxygen atoms in total. The third-order valence-electron chi connectivity index (χ3n) is 1.27. The summed E-state index contributed by atoms with van der Waals surface area (Å²) in [5.74, 6) is 1.32. The van der Waals surface area contributed by atoms with Gasteiger partial charge in [0.05, 0.1) is 6.10 Å². The SMILES string of the molecule is CCCC(O)C[C](C)C. The maximum atomic E-state index is 9.20. The first-order valence-electron chi connectivity index (χ1n) is 3.64. The van der Waals surface area contributed by atoms with Crippen LogP contribution in [0.25, 0.3) is 0 Å². The van der Waals surface area contributed by atoms with Crippen LogP contribution < -0.4 is 0 Å². The van der Waals surface area contributed by atoms with Crippen molar-refractivity contribution in [2.75, 3.05) is 0 Å². The number of hydrogen-bond acceptors (Lipinski definition) is 1. The van der Waals surface area contributed by atoms with Crippen LogP contribution in [0, 0.1) is 5.92 Å². The van der Waals surface area contributed by atoms with Crippen LogP contribution in [0.15, 0.2) is 0 Å². The van der Waals surface area contributed by atoms with Gasteiger partial charge in [0.15, 0.2) is 0 Å². The third kappa shape index (κ3) is 5.84. The molecule has 0 saturated carbocycles. The van der Waals surface area contributed by atoms with Crippen molar-refractivity contribution in [3.8, 4) is 0 Å². The summed E-state index contributed by atoms with van der Waals surface area (Å²) >= 11 is 0. The highest BCUT2D eigenvalue weighted by atomic mass is 16.3. The Balaban J connectivity index is 3.15. The van der Waals surface area contributed by atoms with Gasteiger partial charge in [-0.2, -0.15) is 0 Å². The van der Waals surface area contributed by atoms with Gasteiger partial charge in [-0.1, -0.05) is 27.2 Å². The summed E-state index contributed by atoms with van der Waals surface area (Å²) in [6.07, 6.45) is 2.79. The number of rotatable bonds is 4. The monoisotopic (exact) mass is 129 g/mol. The fourth-order valence-corrected chi connectivity index (χ4v) is 0.907. The van der Waals surface area contributed by atoms with Crippen LogP contribution in [-0.2, 0) is 0 Å². The minimum Gasteiger partial charge on any atom is -0.393 e. The fraction of sp³-hybridized carbons (Fsp3) is 0.875. The van der Waals surface area contributed by atoms with Gasteiger partial charge in [0.25, 0.3) is 0 Å². The Bertz CT molecular complexity index is 59.6. The predicted molar refractivity (Wildman–Crippen MR) is 40.1 cm³/mol. The molecule has 55 valence electrons. The van der Waals surface area contributed by atoms with Crippen LogP contribution in [0.1, 0.15) is 40.0 Å². The van der Waals surface area contributed by atoms with Gasteiger partial charge in [0.1, 0.15) is 0 Å². The highest BCUT2D eigenvalue weighted by molar-refractivity contribution is 4.80. The zero-order valence-corrected chi connectivity index (χ0v) is 6.65. The predicted octanol–water partition coefficient (Wildman–Crippen LogP) is 2.15. The molecule has 1 N–H and O–H groups in total. The van der Waals surface area contributed by atoms with Crippen LogP contribution >= 0.6 is 0 Å². The topological polar surface area (TPSA) is 20.2 Å². The molecule has 0 fully saturated rings. The largest absolute Gasteiger partial charge is 0.393 e. The second-order valence-corrected chi connectivity index (χ2v) is 2.85. The van der Waals surface area contributed by atoms with Crippen molar-refractivity contribution in [1.29, 1.82) is 0 Å². The molecule has 0 saturated heterocycles. The molecule has 1 heteroatoms. The molecule has 0 heterocycles. The highest BCUT2D eigenvalue weighted by Crippen LogP contribution is 2.10. The van der Waals surface area contributed by atoms with Crippen molar-refractivity contribution < 1.29 is 5.11 Å². The van der Waals surface area contributed by atoms with Gasteiger partial charge < -0.3 is 5.11 Å². The van der Waals surface area contributed by atoms with Gasteiger partial charge in [0, 0.05) is 0 Å². The Morgan fingerprint density at radius 1 is 1.44 bits per heavy atom. The maximum Gasteiger partial charge on any atom is 0.0545 e. The Morgan fingerprint density at radius 2 is 2.00 bits per heavy atom. The molecular formula is C8H17O. The van der Waals surface area contributed by atoms with Crippen LogP contribution in [0.3, 0.4) is 0 Å². The van der Waals surface area contributed by atoms with Gasteiger partial charge in [0.2, 0.25) is 0 Å². The second kappa shape index (κ2) is 4.80. The normalized spacial score (nSPS) is 14.3. The Kier molecular flexibility index (Phi) is 4.78. The molecule has 1 atom stereocenters. The summed E-state index contributed by atoms with van der Waals surface area (Å²) in [5, 5.41) is 9.20. The number of aliphatic hydroxyl groups is 1. The molecule has 0 bridgehead atoms. The van der Waals surface area contributed by atoms with Crippen LogP contribution in [0.5, 0.6) is 0 Å². The summed E-state index contributed by atoms with van der Waals surface area (Å²) in [4.78, 5) is 0. The quantitative estimate of drug-likeness (QED) is 0.616. The Hall–Kier alpha value is -0.0400. The van der Waals surface area contributed by atoms with E-state index in [9.17, 15) is 5.11 Å². The summed E-state index contributed by atoms with van der Waals surface area (Å²) in [7, 11) is 0. The van der Waals surface area contributed by atoms with Crippen molar-refractivity contribution in [2.45, 2.75) is 46.1 Å². The molecule has 0 amide bonds. The van der Waals surface area contributed by atoms with Gasteiger partial charge >= 0.3 is 0 Å². The van der Waals surface area contributed by atoms with Crippen molar-refractivity contribution in [1.82, 2.24) is 0 Å². The molecule has 0 aliphatic rings. The lowest BCUT2D eigenvalue weighted by molar-refractivity contribution is 0.158. The molecule has 1 unspecified atom stereocenters. The number of aliphatic hydroxyl groups excluding tert-OH is 1. The standard InChI is InChI=1S/C8H17O/c1-4-5-8(9)6-7(2)3/h8-9H,4-6H2,1-3H3. The molecule has 0 aromatic carbocycles. The van der Waals surface area contributed by atoms with E-state index in [-0.39, 0.29) is 6.10 Å². The zero-order valence-electron chi connectivity index (χ0n) is 6.65. The van der Waals surface area contributed by atoms with E-state index < -0.39 is 0 Å². The summed E-state index contributed by atoms with van der Waals surface area (Å²) < 4.78 is 0. The first-order valence-corrected chi connectivity index (χ1v) is 3.64. The zero-order chi connectivity index (χ0) is 7.28. The minimum absolute atomic E-state index is 0.0972. The maximum absolute atomic E-state index is 9.20. The number of hydrogen-bond donors (Lipinski definition) is 1. The summed E-state index contributed by atoms with van der Waals surface area (Å²) in [6, 6.07) is 0.